The van der Waals surface area contributed by atoms with Crippen molar-refractivity contribution < 1.29 is 9.90 Å². The highest BCUT2D eigenvalue weighted by Crippen LogP contribution is 2.17. The van der Waals surface area contributed by atoms with E-state index in [4.69, 9.17) is 5.11 Å². The van der Waals surface area contributed by atoms with Gasteiger partial charge in [-0.15, -0.1) is 0 Å². The van der Waals surface area contributed by atoms with Crippen LogP contribution in [0.3, 0.4) is 0 Å². The molecule has 0 aromatic carbocycles. The van der Waals surface area contributed by atoms with Crippen LogP contribution in [0.25, 0.3) is 0 Å². The number of hydrogen-bond donors (Lipinski definition) is 2. The predicted octanol–water partition coefficient (Wildman–Crippen LogP) is 1.31. The molecule has 0 aliphatic rings. The molecule has 0 fully saturated rings. The van der Waals surface area contributed by atoms with Crippen molar-refractivity contribution in [2.45, 2.75) is 40.0 Å². The average Bonchev–Trinajstić information content (AvgIpc) is 2.11. The van der Waals surface area contributed by atoms with Gasteiger partial charge in [-0.1, -0.05) is 20.8 Å². The minimum Gasteiger partial charge on any atom is -0.396 e. The topological polar surface area (TPSA) is 49.3 Å². The number of carbonyl (C=O) groups excluding carboxylic acids is 1. The van der Waals surface area contributed by atoms with Crippen molar-refractivity contribution in [1.82, 2.24) is 5.32 Å². The minimum atomic E-state index is 0.0376. The van der Waals surface area contributed by atoms with E-state index in [2.05, 4.69) is 26.1 Å². The Kier molecular flexibility index (Phi) is 5.71. The summed E-state index contributed by atoms with van der Waals surface area (Å²) in [6, 6.07) is 0. The van der Waals surface area contributed by atoms with Gasteiger partial charge in [0.15, 0.2) is 0 Å². The number of aliphatic hydroxyl groups is 1. The lowest BCUT2D eigenvalue weighted by atomic mass is 9.90. The van der Waals surface area contributed by atoms with Crippen molar-refractivity contribution in [2.24, 2.45) is 5.41 Å². The molecular formula is C10H21NO2. The summed E-state index contributed by atoms with van der Waals surface area (Å²) in [6.45, 7) is 7.16. The maximum Gasteiger partial charge on any atom is 0.220 e. The second-order valence-corrected chi connectivity index (χ2v) is 4.12. The Hall–Kier alpha value is -0.570. The Labute approximate surface area is 80.5 Å². The molecule has 0 saturated carbocycles. The maximum atomic E-state index is 11.1. The molecule has 1 amide bonds. The number of aliphatic hydroxyl groups excluding tert-OH is 1. The standard InChI is InChI=1S/C10H21NO2/c1-4-10(2,3)8-11-9(13)6-5-7-12/h12H,4-8H2,1-3H3,(H,11,13). The zero-order valence-corrected chi connectivity index (χ0v) is 8.89. The summed E-state index contributed by atoms with van der Waals surface area (Å²) >= 11 is 0. The van der Waals surface area contributed by atoms with Crippen LogP contribution in [0.4, 0.5) is 0 Å². The number of amides is 1. The van der Waals surface area contributed by atoms with E-state index in [-0.39, 0.29) is 17.9 Å². The average molecular weight is 187 g/mol. The van der Waals surface area contributed by atoms with E-state index in [0.717, 1.165) is 6.42 Å². The molecule has 0 atom stereocenters. The third-order valence-electron chi connectivity index (χ3n) is 2.28. The first-order valence-electron chi connectivity index (χ1n) is 4.89. The zero-order chi connectivity index (χ0) is 10.3. The lowest BCUT2D eigenvalue weighted by molar-refractivity contribution is -0.121. The highest BCUT2D eigenvalue weighted by molar-refractivity contribution is 5.75. The molecule has 0 rings (SSSR count). The van der Waals surface area contributed by atoms with Gasteiger partial charge < -0.3 is 10.4 Å². The molecule has 13 heavy (non-hydrogen) atoms. The molecule has 0 spiro atoms. The molecule has 3 nitrogen and oxygen atoms in total. The first-order chi connectivity index (χ1) is 6.02. The molecule has 3 heteroatoms. The molecule has 0 bridgehead atoms. The van der Waals surface area contributed by atoms with E-state index in [9.17, 15) is 4.79 Å². The summed E-state index contributed by atoms with van der Waals surface area (Å²) < 4.78 is 0. The highest BCUT2D eigenvalue weighted by atomic mass is 16.3. The van der Waals surface area contributed by atoms with Gasteiger partial charge in [-0.3, -0.25) is 4.79 Å². The fourth-order valence-corrected chi connectivity index (χ4v) is 0.791. The van der Waals surface area contributed by atoms with Gasteiger partial charge in [-0.05, 0) is 18.3 Å². The van der Waals surface area contributed by atoms with E-state index in [1.54, 1.807) is 0 Å². The van der Waals surface area contributed by atoms with Crippen molar-refractivity contribution in [3.05, 3.63) is 0 Å². The second kappa shape index (κ2) is 5.97. The number of carbonyl (C=O) groups is 1. The molecule has 0 aliphatic carbocycles. The third kappa shape index (κ3) is 6.58. The molecule has 0 unspecified atom stereocenters. The normalized spacial score (nSPS) is 11.4. The van der Waals surface area contributed by atoms with Gasteiger partial charge in [0.25, 0.3) is 0 Å². The molecular weight excluding hydrogens is 166 g/mol. The van der Waals surface area contributed by atoms with Crippen LogP contribution in [0, 0.1) is 5.41 Å². The Morgan fingerprint density at radius 3 is 2.54 bits per heavy atom. The molecule has 0 aliphatic heterocycles. The Bertz CT molecular complexity index is 155. The number of hydrogen-bond acceptors (Lipinski definition) is 2. The van der Waals surface area contributed by atoms with Crippen molar-refractivity contribution in [3.63, 3.8) is 0 Å². The minimum absolute atomic E-state index is 0.0376. The third-order valence-corrected chi connectivity index (χ3v) is 2.28. The number of rotatable bonds is 6. The van der Waals surface area contributed by atoms with Crippen LogP contribution in [0.15, 0.2) is 0 Å². The van der Waals surface area contributed by atoms with Gasteiger partial charge in [-0.2, -0.15) is 0 Å². The van der Waals surface area contributed by atoms with Crippen LogP contribution >= 0.6 is 0 Å². The van der Waals surface area contributed by atoms with E-state index < -0.39 is 0 Å². The van der Waals surface area contributed by atoms with Gasteiger partial charge >= 0.3 is 0 Å². The molecule has 0 heterocycles. The SMILES string of the molecule is CCC(C)(C)CNC(=O)CCCO. The Morgan fingerprint density at radius 1 is 1.46 bits per heavy atom. The predicted molar refractivity (Wildman–Crippen MR) is 53.4 cm³/mol. The van der Waals surface area contributed by atoms with Crippen LogP contribution in [0.2, 0.25) is 0 Å². The summed E-state index contributed by atoms with van der Waals surface area (Å²) in [4.78, 5) is 11.1. The molecule has 2 N–H and O–H groups in total. The van der Waals surface area contributed by atoms with Crippen LogP contribution in [0.1, 0.15) is 40.0 Å². The number of nitrogens with one attached hydrogen (secondary N) is 1. The summed E-state index contributed by atoms with van der Waals surface area (Å²) in [5.41, 5.74) is 0.175. The van der Waals surface area contributed by atoms with Crippen LogP contribution < -0.4 is 5.32 Å². The van der Waals surface area contributed by atoms with Crippen molar-refractivity contribution in [1.29, 1.82) is 0 Å². The van der Waals surface area contributed by atoms with Crippen molar-refractivity contribution >= 4 is 5.91 Å². The summed E-state index contributed by atoms with van der Waals surface area (Å²) in [6.07, 6.45) is 2.03. The van der Waals surface area contributed by atoms with E-state index in [1.165, 1.54) is 0 Å². The quantitative estimate of drug-likeness (QED) is 0.658. The fraction of sp³-hybridized carbons (Fsp3) is 0.900. The van der Waals surface area contributed by atoms with E-state index in [0.29, 0.717) is 19.4 Å². The maximum absolute atomic E-state index is 11.1. The summed E-state index contributed by atoms with van der Waals surface area (Å²) in [5, 5.41) is 11.4. The van der Waals surface area contributed by atoms with E-state index in [1.807, 2.05) is 0 Å². The molecule has 0 aromatic rings. The molecule has 78 valence electrons. The highest BCUT2D eigenvalue weighted by Gasteiger charge is 2.15. The van der Waals surface area contributed by atoms with Crippen molar-refractivity contribution in [3.8, 4) is 0 Å². The monoisotopic (exact) mass is 187 g/mol. The zero-order valence-electron chi connectivity index (χ0n) is 8.89. The molecule has 0 saturated heterocycles. The van der Waals surface area contributed by atoms with Gasteiger partial charge in [0.1, 0.15) is 0 Å². The lowest BCUT2D eigenvalue weighted by Gasteiger charge is -2.22. The van der Waals surface area contributed by atoms with Gasteiger partial charge in [0.2, 0.25) is 5.91 Å². The fourth-order valence-electron chi connectivity index (χ4n) is 0.791. The Morgan fingerprint density at radius 2 is 2.08 bits per heavy atom. The lowest BCUT2D eigenvalue weighted by Crippen LogP contribution is -2.33. The molecule has 0 radical (unpaired) electrons. The Balaban J connectivity index is 3.57. The largest absolute Gasteiger partial charge is 0.396 e. The van der Waals surface area contributed by atoms with E-state index >= 15 is 0 Å². The summed E-state index contributed by atoms with van der Waals surface area (Å²) in [7, 11) is 0. The molecule has 0 aromatic heterocycles. The first kappa shape index (κ1) is 12.4. The van der Waals surface area contributed by atoms with Crippen LogP contribution in [-0.2, 0) is 4.79 Å². The summed E-state index contributed by atoms with van der Waals surface area (Å²) in [5.74, 6) is 0.0376. The van der Waals surface area contributed by atoms with Crippen molar-refractivity contribution in [2.75, 3.05) is 13.2 Å². The first-order valence-corrected chi connectivity index (χ1v) is 4.89. The van der Waals surface area contributed by atoms with Crippen LogP contribution in [0.5, 0.6) is 0 Å². The van der Waals surface area contributed by atoms with Gasteiger partial charge in [0, 0.05) is 19.6 Å². The second-order valence-electron chi connectivity index (χ2n) is 4.12. The van der Waals surface area contributed by atoms with Gasteiger partial charge in [0.05, 0.1) is 0 Å². The van der Waals surface area contributed by atoms with Gasteiger partial charge in [-0.25, -0.2) is 0 Å². The smallest absolute Gasteiger partial charge is 0.220 e. The van der Waals surface area contributed by atoms with Crippen LogP contribution in [-0.4, -0.2) is 24.2 Å².